The van der Waals surface area contributed by atoms with Crippen LogP contribution in [-0.2, 0) is 19.0 Å². The number of ether oxygens (including phenoxy) is 3. The molecule has 0 aliphatic heterocycles. The molecule has 0 rings (SSSR count). The summed E-state index contributed by atoms with van der Waals surface area (Å²) in [4.78, 5) is 35.9. The third-order valence-corrected chi connectivity index (χ3v) is 2.44. The molecule has 0 radical (unpaired) electrons. The van der Waals surface area contributed by atoms with E-state index in [-0.39, 0.29) is 30.9 Å². The van der Waals surface area contributed by atoms with Crippen molar-refractivity contribution < 1.29 is 28.6 Å². The highest BCUT2D eigenvalue weighted by atomic mass is 16.6. The highest BCUT2D eigenvalue weighted by molar-refractivity contribution is 5.89. The van der Waals surface area contributed by atoms with Crippen molar-refractivity contribution in [3.8, 4) is 0 Å². The van der Waals surface area contributed by atoms with Gasteiger partial charge in [-0.2, -0.15) is 0 Å². The van der Waals surface area contributed by atoms with Gasteiger partial charge in [0.1, 0.15) is 0 Å². The van der Waals surface area contributed by atoms with E-state index in [1.807, 2.05) is 6.92 Å². The van der Waals surface area contributed by atoms with Crippen LogP contribution in [0.5, 0.6) is 0 Å². The van der Waals surface area contributed by atoms with E-state index in [2.05, 4.69) is 5.43 Å². The summed E-state index contributed by atoms with van der Waals surface area (Å²) >= 11 is 0. The van der Waals surface area contributed by atoms with Crippen LogP contribution in [0, 0.1) is 0 Å². The van der Waals surface area contributed by atoms with E-state index in [9.17, 15) is 14.4 Å². The van der Waals surface area contributed by atoms with Crippen LogP contribution in [0.3, 0.4) is 0 Å². The van der Waals surface area contributed by atoms with Crippen molar-refractivity contribution in [2.45, 2.75) is 60.2 Å². The normalized spacial score (nSPS) is 11.2. The van der Waals surface area contributed by atoms with Gasteiger partial charge in [0, 0.05) is 0 Å². The first-order valence-electron chi connectivity index (χ1n) is 8.02. The second-order valence-corrected chi connectivity index (χ2v) is 5.44. The van der Waals surface area contributed by atoms with Gasteiger partial charge in [0.2, 0.25) is 0 Å². The van der Waals surface area contributed by atoms with E-state index in [1.165, 1.54) is 0 Å². The number of nitrogens with one attached hydrogen (secondary N) is 1. The summed E-state index contributed by atoms with van der Waals surface area (Å²) in [7, 11) is 0. The number of allylic oxidation sites excluding steroid dienone is 1. The molecular formula is C16H28N2O6. The zero-order chi connectivity index (χ0) is 18.7. The average Bonchev–Trinajstić information content (AvgIpc) is 2.44. The minimum absolute atomic E-state index is 0.189. The Balaban J connectivity index is 5.20. The smallest absolute Gasteiger partial charge is 0.429 e. The molecule has 0 aromatic rings. The van der Waals surface area contributed by atoms with Crippen molar-refractivity contribution in [3.05, 3.63) is 11.6 Å². The fourth-order valence-electron chi connectivity index (χ4n) is 1.62. The average molecular weight is 344 g/mol. The fourth-order valence-corrected chi connectivity index (χ4v) is 1.62. The summed E-state index contributed by atoms with van der Waals surface area (Å²) in [5, 5.41) is 0.892. The zero-order valence-corrected chi connectivity index (χ0v) is 15.3. The minimum Gasteiger partial charge on any atom is -0.463 e. The quantitative estimate of drug-likeness (QED) is 0.330. The Kier molecular flexibility index (Phi) is 10.3. The lowest BCUT2D eigenvalue weighted by Gasteiger charge is -2.24. The van der Waals surface area contributed by atoms with Gasteiger partial charge in [0.15, 0.2) is 0 Å². The van der Waals surface area contributed by atoms with Crippen molar-refractivity contribution in [3.63, 3.8) is 0 Å². The molecule has 0 bridgehead atoms. The lowest BCUT2D eigenvalue weighted by Crippen LogP contribution is -2.49. The molecule has 0 spiro atoms. The molecule has 0 aromatic carbocycles. The summed E-state index contributed by atoms with van der Waals surface area (Å²) in [5.41, 5.74) is 2.53. The molecule has 0 aliphatic carbocycles. The molecule has 0 saturated heterocycles. The molecule has 8 heteroatoms. The lowest BCUT2D eigenvalue weighted by atomic mass is 10.2. The van der Waals surface area contributed by atoms with Crippen LogP contribution in [0.2, 0.25) is 0 Å². The molecular weight excluding hydrogens is 316 g/mol. The number of carbonyl (C=O) groups excluding carboxylic acids is 3. The van der Waals surface area contributed by atoms with Gasteiger partial charge in [-0.05, 0) is 41.0 Å². The molecule has 2 amide bonds. The lowest BCUT2D eigenvalue weighted by molar-refractivity contribution is -0.138. The zero-order valence-electron chi connectivity index (χ0n) is 15.3. The van der Waals surface area contributed by atoms with Crippen LogP contribution < -0.4 is 5.43 Å². The van der Waals surface area contributed by atoms with Crippen molar-refractivity contribution in [2.75, 3.05) is 13.2 Å². The van der Waals surface area contributed by atoms with Gasteiger partial charge in [0.25, 0.3) is 0 Å². The number of amides is 2. The van der Waals surface area contributed by atoms with Crippen molar-refractivity contribution >= 4 is 18.2 Å². The highest BCUT2D eigenvalue weighted by Gasteiger charge is 2.24. The van der Waals surface area contributed by atoms with E-state index in [4.69, 9.17) is 14.2 Å². The first kappa shape index (κ1) is 21.8. The second-order valence-electron chi connectivity index (χ2n) is 5.44. The Morgan fingerprint density at radius 3 is 2.08 bits per heavy atom. The van der Waals surface area contributed by atoms with Crippen molar-refractivity contribution in [2.24, 2.45) is 0 Å². The number of nitrogens with zero attached hydrogens (tertiary/aromatic N) is 1. The Morgan fingerprint density at radius 1 is 1.04 bits per heavy atom. The van der Waals surface area contributed by atoms with Gasteiger partial charge in [-0.25, -0.2) is 24.8 Å². The summed E-state index contributed by atoms with van der Waals surface area (Å²) < 4.78 is 15.0. The number of hydrogen-bond acceptors (Lipinski definition) is 6. The molecule has 138 valence electrons. The number of hydrogen-bond donors (Lipinski definition) is 1. The molecule has 1 N–H and O–H groups in total. The predicted octanol–water partition coefficient (Wildman–Crippen LogP) is 2.78. The molecule has 0 heterocycles. The highest BCUT2D eigenvalue weighted by Crippen LogP contribution is 2.06. The van der Waals surface area contributed by atoms with E-state index in [0.29, 0.717) is 6.42 Å². The first-order chi connectivity index (χ1) is 11.2. The molecule has 24 heavy (non-hydrogen) atoms. The van der Waals surface area contributed by atoms with Gasteiger partial charge >= 0.3 is 18.2 Å². The molecule has 0 fully saturated rings. The van der Waals surface area contributed by atoms with Gasteiger partial charge in [-0.1, -0.05) is 13.0 Å². The molecule has 8 nitrogen and oxygen atoms in total. The molecule has 0 aliphatic rings. The Hall–Kier alpha value is -2.25. The number of hydrazine groups is 1. The molecule has 0 atom stereocenters. The molecule has 0 unspecified atom stereocenters. The predicted molar refractivity (Wildman–Crippen MR) is 88.1 cm³/mol. The largest absolute Gasteiger partial charge is 0.463 e. The van der Waals surface area contributed by atoms with Crippen LogP contribution >= 0.6 is 0 Å². The topological polar surface area (TPSA) is 94.2 Å². The van der Waals surface area contributed by atoms with Gasteiger partial charge in [-0.3, -0.25) is 0 Å². The van der Waals surface area contributed by atoms with Gasteiger partial charge < -0.3 is 14.2 Å². The summed E-state index contributed by atoms with van der Waals surface area (Å²) in [6.45, 7) is 10.3. The van der Waals surface area contributed by atoms with E-state index >= 15 is 0 Å². The Labute approximate surface area is 143 Å². The standard InChI is InChI=1S/C16H28N2O6/c1-7-9-13(14(19)22-8-2)10-18(16(21)24-12(5)6)17-15(20)23-11(3)4/h9,11-12H,7-8,10H2,1-6H3,(H,17,20)/b13-9-. The maximum Gasteiger partial charge on any atom is 0.429 e. The SMILES string of the molecule is CC/C=C(/CN(NC(=O)OC(C)C)C(=O)OC(C)C)C(=O)OCC. The van der Waals surface area contributed by atoms with Gasteiger partial charge in [-0.15, -0.1) is 0 Å². The Bertz CT molecular complexity index is 459. The summed E-state index contributed by atoms with van der Waals surface area (Å²) in [6.07, 6.45) is -0.156. The monoisotopic (exact) mass is 344 g/mol. The fraction of sp³-hybridized carbons (Fsp3) is 0.688. The summed E-state index contributed by atoms with van der Waals surface area (Å²) in [5.74, 6) is -0.555. The Morgan fingerprint density at radius 2 is 1.62 bits per heavy atom. The van der Waals surface area contributed by atoms with E-state index in [0.717, 1.165) is 5.01 Å². The maximum atomic E-state index is 12.1. The van der Waals surface area contributed by atoms with Gasteiger partial charge in [0.05, 0.1) is 30.9 Å². The van der Waals surface area contributed by atoms with Crippen LogP contribution in [0.25, 0.3) is 0 Å². The van der Waals surface area contributed by atoms with E-state index in [1.54, 1.807) is 40.7 Å². The number of carbonyl (C=O) groups is 3. The van der Waals surface area contributed by atoms with Crippen molar-refractivity contribution in [1.29, 1.82) is 0 Å². The maximum absolute atomic E-state index is 12.1. The third-order valence-electron chi connectivity index (χ3n) is 2.44. The third kappa shape index (κ3) is 9.02. The minimum atomic E-state index is -0.814. The van der Waals surface area contributed by atoms with Crippen LogP contribution in [0.1, 0.15) is 48.0 Å². The molecule has 0 aromatic heterocycles. The van der Waals surface area contributed by atoms with E-state index < -0.39 is 18.2 Å². The number of rotatable bonds is 7. The van der Waals surface area contributed by atoms with Crippen molar-refractivity contribution in [1.82, 2.24) is 10.4 Å². The van der Waals surface area contributed by atoms with Crippen LogP contribution in [-0.4, -0.2) is 48.5 Å². The molecule has 0 saturated carbocycles. The number of esters is 1. The van der Waals surface area contributed by atoms with Crippen LogP contribution in [0.15, 0.2) is 11.6 Å². The summed E-state index contributed by atoms with van der Waals surface area (Å²) in [6, 6.07) is 0. The van der Waals surface area contributed by atoms with Crippen LogP contribution in [0.4, 0.5) is 9.59 Å². The second kappa shape index (κ2) is 11.3. The first-order valence-corrected chi connectivity index (χ1v) is 8.02.